The summed E-state index contributed by atoms with van der Waals surface area (Å²) in [6, 6.07) is 0. The average Bonchev–Trinajstić information content (AvgIpc) is 2.28. The van der Waals surface area contributed by atoms with Gasteiger partial charge in [0.2, 0.25) is 0 Å². The van der Waals surface area contributed by atoms with Gasteiger partial charge >= 0.3 is 18.1 Å². The molecule has 18 heavy (non-hydrogen) atoms. The summed E-state index contributed by atoms with van der Waals surface area (Å²) in [5.74, 6) is -3.82. The molecule has 0 radical (unpaired) electrons. The van der Waals surface area contributed by atoms with Crippen LogP contribution in [0.5, 0.6) is 0 Å². The number of halogens is 3. The molecule has 3 N–H and O–H groups in total. The van der Waals surface area contributed by atoms with Crippen molar-refractivity contribution >= 4 is 31.0 Å². The number of amides is 1. The average molecular weight is 307 g/mol. The lowest BCUT2D eigenvalue weighted by Gasteiger charge is -2.40. The van der Waals surface area contributed by atoms with Gasteiger partial charge in [0.25, 0.3) is 0 Å². The number of rotatable bonds is 6. The van der Waals surface area contributed by atoms with Crippen LogP contribution in [0.15, 0.2) is 0 Å². The molecule has 0 saturated heterocycles. The maximum atomic E-state index is 12.4. The number of carboxylic acid groups (broad SMARTS) is 1. The van der Waals surface area contributed by atoms with Crippen molar-refractivity contribution in [2.75, 3.05) is 20.6 Å². The summed E-state index contributed by atoms with van der Waals surface area (Å²) in [7, 11) is 1.43. The number of carboxylic acids is 1. The van der Waals surface area contributed by atoms with Crippen LogP contribution in [0.4, 0.5) is 13.2 Å². The zero-order chi connectivity index (χ0) is 14.6. The van der Waals surface area contributed by atoms with E-state index in [2.05, 4.69) is 10.6 Å². The van der Waals surface area contributed by atoms with E-state index in [1.54, 1.807) is 0 Å². The zero-order valence-corrected chi connectivity index (χ0v) is 11.5. The van der Waals surface area contributed by atoms with Gasteiger partial charge in [0.15, 0.2) is 5.53 Å². The minimum Gasteiger partial charge on any atom is -0.480 e. The van der Waals surface area contributed by atoms with Crippen LogP contribution in [-0.2, 0) is 21.4 Å². The molecule has 6 nitrogen and oxygen atoms in total. The Balaban J connectivity index is 5.53. The SMILES string of the molecule is CNC(NC)([PH2]=S)N(CC(=O)O)C(=O)C(F)(F)F. The van der Waals surface area contributed by atoms with Crippen molar-refractivity contribution in [2.24, 2.45) is 0 Å². The Morgan fingerprint density at radius 3 is 2.00 bits per heavy atom. The summed E-state index contributed by atoms with van der Waals surface area (Å²) in [6.45, 7) is -1.11. The van der Waals surface area contributed by atoms with Gasteiger partial charge in [0, 0.05) is 0 Å². The molecular weight excluding hydrogens is 294 g/mol. The van der Waals surface area contributed by atoms with E-state index in [0.29, 0.717) is 0 Å². The van der Waals surface area contributed by atoms with Gasteiger partial charge in [-0.25, -0.2) is 0 Å². The van der Waals surface area contributed by atoms with Crippen LogP contribution >= 0.6 is 7.36 Å². The Bertz CT molecular complexity index is 349. The van der Waals surface area contributed by atoms with E-state index in [4.69, 9.17) is 16.9 Å². The molecule has 0 fully saturated rings. The third-order valence-electron chi connectivity index (χ3n) is 2.14. The Morgan fingerprint density at radius 1 is 1.33 bits per heavy atom. The molecular formula is C7H13F3N3O3PS. The van der Waals surface area contributed by atoms with Crippen molar-refractivity contribution in [1.82, 2.24) is 15.5 Å². The number of alkyl halides is 3. The molecule has 0 aromatic heterocycles. The van der Waals surface area contributed by atoms with Gasteiger partial charge in [-0.15, -0.1) is 0 Å². The monoisotopic (exact) mass is 307 g/mol. The Hall–Kier alpha value is -0.700. The van der Waals surface area contributed by atoms with Crippen molar-refractivity contribution in [2.45, 2.75) is 11.7 Å². The second-order valence-electron chi connectivity index (χ2n) is 3.17. The van der Waals surface area contributed by atoms with Crippen LogP contribution in [0.25, 0.3) is 0 Å². The molecule has 0 rings (SSSR count). The van der Waals surface area contributed by atoms with Gasteiger partial charge in [-0.3, -0.25) is 25.1 Å². The zero-order valence-electron chi connectivity index (χ0n) is 9.54. The number of nitrogens with zero attached hydrogens (tertiary/aromatic N) is 1. The largest absolute Gasteiger partial charge is 0.480 e. The molecule has 1 atom stereocenters. The molecule has 0 aromatic rings. The van der Waals surface area contributed by atoms with E-state index in [0.717, 1.165) is 0 Å². The molecule has 0 spiro atoms. The predicted molar refractivity (Wildman–Crippen MR) is 63.3 cm³/mol. The quantitative estimate of drug-likeness (QED) is 0.448. The molecule has 0 saturated carbocycles. The lowest BCUT2D eigenvalue weighted by Crippen LogP contribution is -2.66. The molecule has 11 heteroatoms. The summed E-state index contributed by atoms with van der Waals surface area (Å²) >= 11 is 4.76. The van der Waals surface area contributed by atoms with E-state index >= 15 is 0 Å². The number of carbonyl (C=O) groups is 2. The standard InChI is InChI=1S/C7H13F3N3O3PS/c1-11-7(12-2,17-18)13(3-4(14)15)5(16)6(8,9)10/h11-12H,3,17H2,1-2H3,(H,14,15). The fourth-order valence-electron chi connectivity index (χ4n) is 1.22. The summed E-state index contributed by atoms with van der Waals surface area (Å²) < 4.78 is 37.3. The van der Waals surface area contributed by atoms with Gasteiger partial charge in [0.05, 0.1) is 0 Å². The van der Waals surface area contributed by atoms with Crippen molar-refractivity contribution < 1.29 is 27.9 Å². The topological polar surface area (TPSA) is 81.7 Å². The lowest BCUT2D eigenvalue weighted by molar-refractivity contribution is -0.191. The first-order valence-electron chi connectivity index (χ1n) is 4.59. The fourth-order valence-corrected chi connectivity index (χ4v) is 2.88. The second-order valence-corrected chi connectivity index (χ2v) is 4.95. The van der Waals surface area contributed by atoms with Gasteiger partial charge in [-0.1, -0.05) is 11.8 Å². The van der Waals surface area contributed by atoms with Gasteiger partial charge < -0.3 is 5.11 Å². The van der Waals surface area contributed by atoms with Crippen molar-refractivity contribution in [3.8, 4) is 0 Å². The number of aliphatic carboxylic acids is 1. The summed E-state index contributed by atoms with van der Waals surface area (Å²) in [4.78, 5) is 22.0. The normalized spacial score (nSPS) is 12.9. The van der Waals surface area contributed by atoms with Crippen LogP contribution in [-0.4, -0.2) is 54.2 Å². The maximum Gasteiger partial charge on any atom is 0.471 e. The molecule has 1 amide bonds. The van der Waals surface area contributed by atoms with Crippen LogP contribution in [0.1, 0.15) is 0 Å². The first kappa shape index (κ1) is 17.3. The van der Waals surface area contributed by atoms with Crippen LogP contribution in [0.3, 0.4) is 0 Å². The van der Waals surface area contributed by atoms with E-state index in [1.807, 2.05) is 0 Å². The van der Waals surface area contributed by atoms with E-state index in [9.17, 15) is 22.8 Å². The third-order valence-corrected chi connectivity index (χ3v) is 4.39. The summed E-state index contributed by atoms with van der Waals surface area (Å²) in [5.41, 5.74) is -1.67. The first-order chi connectivity index (χ1) is 8.14. The van der Waals surface area contributed by atoms with Gasteiger partial charge in [-0.05, 0) is 21.5 Å². The molecule has 0 bridgehead atoms. The van der Waals surface area contributed by atoms with E-state index in [1.165, 1.54) is 14.1 Å². The minimum absolute atomic E-state index is 0.150. The van der Waals surface area contributed by atoms with E-state index < -0.39 is 37.5 Å². The molecule has 0 aromatic carbocycles. The Kier molecular flexibility index (Phi) is 6.21. The smallest absolute Gasteiger partial charge is 0.471 e. The first-order valence-corrected chi connectivity index (χ1v) is 7.05. The van der Waals surface area contributed by atoms with Gasteiger partial charge in [0.1, 0.15) is 6.54 Å². The molecule has 0 aliphatic carbocycles. The summed E-state index contributed by atoms with van der Waals surface area (Å²) in [6.07, 6.45) is -5.17. The highest BCUT2D eigenvalue weighted by molar-refractivity contribution is 7.97. The fraction of sp³-hybridized carbons (Fsp3) is 0.714. The number of hydrogen-bond acceptors (Lipinski definition) is 5. The molecule has 1 unspecified atom stereocenters. The highest BCUT2D eigenvalue weighted by Gasteiger charge is 2.49. The van der Waals surface area contributed by atoms with Crippen molar-refractivity contribution in [3.05, 3.63) is 0 Å². The highest BCUT2D eigenvalue weighted by Crippen LogP contribution is 2.27. The molecule has 0 aliphatic rings. The van der Waals surface area contributed by atoms with Crippen LogP contribution in [0, 0.1) is 0 Å². The third kappa shape index (κ3) is 3.91. The molecule has 106 valence electrons. The Labute approximate surface area is 107 Å². The van der Waals surface area contributed by atoms with Crippen molar-refractivity contribution in [1.29, 1.82) is 0 Å². The lowest BCUT2D eigenvalue weighted by atomic mass is 10.4. The second kappa shape index (κ2) is 6.46. The predicted octanol–water partition coefficient (Wildman–Crippen LogP) is -0.615. The number of nitrogens with one attached hydrogen (secondary N) is 2. The minimum atomic E-state index is -5.17. The number of hydrogen-bond donors (Lipinski definition) is 3. The number of carbonyl (C=O) groups excluding carboxylic acids is 1. The molecule has 0 heterocycles. The highest BCUT2D eigenvalue weighted by atomic mass is 32.4. The molecule has 0 aliphatic heterocycles. The van der Waals surface area contributed by atoms with Crippen LogP contribution < -0.4 is 10.6 Å². The van der Waals surface area contributed by atoms with Crippen molar-refractivity contribution in [3.63, 3.8) is 0 Å². The Morgan fingerprint density at radius 2 is 1.78 bits per heavy atom. The van der Waals surface area contributed by atoms with Crippen LogP contribution in [0.2, 0.25) is 0 Å². The maximum absolute atomic E-state index is 12.4. The van der Waals surface area contributed by atoms with E-state index in [-0.39, 0.29) is 4.90 Å². The summed E-state index contributed by atoms with van der Waals surface area (Å²) in [5, 5.41) is 13.5. The van der Waals surface area contributed by atoms with Gasteiger partial charge in [-0.2, -0.15) is 13.2 Å².